The van der Waals surface area contributed by atoms with E-state index in [-0.39, 0.29) is 12.8 Å². The van der Waals surface area contributed by atoms with Crippen LogP contribution in [0.15, 0.2) is 53.0 Å². The molecule has 4 N–H and O–H groups in total. The highest BCUT2D eigenvalue weighted by Gasteiger charge is 2.25. The quantitative estimate of drug-likeness (QED) is 0.572. The van der Waals surface area contributed by atoms with Crippen LogP contribution in [0.2, 0.25) is 0 Å². The summed E-state index contributed by atoms with van der Waals surface area (Å²) in [5.41, 5.74) is 6.92. The number of hydrogen-bond acceptors (Lipinski definition) is 3. The SMILES string of the molecule is CC(=O)N[C@@H](Cc1ccc(F)cc1)C(=O)N[C@H](Cc1cccc(Br)c1)C(N)=O. The lowest BCUT2D eigenvalue weighted by atomic mass is 10.0. The monoisotopic (exact) mass is 449 g/mol. The largest absolute Gasteiger partial charge is 0.368 e. The third-order valence-electron chi connectivity index (χ3n) is 4.04. The van der Waals surface area contributed by atoms with Crippen molar-refractivity contribution >= 4 is 33.7 Å². The van der Waals surface area contributed by atoms with Crippen molar-refractivity contribution in [3.63, 3.8) is 0 Å². The van der Waals surface area contributed by atoms with Gasteiger partial charge >= 0.3 is 0 Å². The normalized spacial score (nSPS) is 12.7. The molecule has 0 unspecified atom stereocenters. The number of halogens is 2. The summed E-state index contributed by atoms with van der Waals surface area (Å²) in [6.07, 6.45) is 0.359. The third-order valence-corrected chi connectivity index (χ3v) is 4.53. The number of amides is 3. The first-order chi connectivity index (χ1) is 13.2. The van der Waals surface area contributed by atoms with E-state index in [0.717, 1.165) is 10.0 Å². The van der Waals surface area contributed by atoms with E-state index >= 15 is 0 Å². The highest BCUT2D eigenvalue weighted by atomic mass is 79.9. The van der Waals surface area contributed by atoms with E-state index in [2.05, 4.69) is 26.6 Å². The highest BCUT2D eigenvalue weighted by Crippen LogP contribution is 2.13. The predicted octanol–water partition coefficient (Wildman–Crippen LogP) is 1.85. The van der Waals surface area contributed by atoms with Crippen LogP contribution < -0.4 is 16.4 Å². The number of nitrogens with one attached hydrogen (secondary N) is 2. The summed E-state index contributed by atoms with van der Waals surface area (Å²) in [5.74, 6) is -2.02. The molecule has 0 aliphatic carbocycles. The number of carbonyl (C=O) groups excluding carboxylic acids is 3. The van der Waals surface area contributed by atoms with Gasteiger partial charge in [0.25, 0.3) is 0 Å². The summed E-state index contributed by atoms with van der Waals surface area (Å²) in [5, 5.41) is 5.16. The van der Waals surface area contributed by atoms with E-state index in [9.17, 15) is 18.8 Å². The molecule has 0 aromatic heterocycles. The number of hydrogen-bond donors (Lipinski definition) is 3. The van der Waals surface area contributed by atoms with Crippen molar-refractivity contribution in [3.05, 3.63) is 69.9 Å². The number of rotatable bonds is 8. The Labute approximate surface area is 170 Å². The molecule has 0 aliphatic heterocycles. The number of nitrogens with two attached hydrogens (primary N) is 1. The molecular formula is C20H21BrFN3O3. The van der Waals surface area contributed by atoms with Crippen molar-refractivity contribution in [3.8, 4) is 0 Å². The average molecular weight is 450 g/mol. The summed E-state index contributed by atoms with van der Waals surface area (Å²) in [6.45, 7) is 1.29. The van der Waals surface area contributed by atoms with Crippen LogP contribution >= 0.6 is 15.9 Å². The van der Waals surface area contributed by atoms with Gasteiger partial charge in [-0.2, -0.15) is 0 Å². The van der Waals surface area contributed by atoms with Gasteiger partial charge in [0.15, 0.2) is 0 Å². The van der Waals surface area contributed by atoms with Gasteiger partial charge in [-0.3, -0.25) is 14.4 Å². The van der Waals surface area contributed by atoms with Gasteiger partial charge in [-0.15, -0.1) is 0 Å². The fourth-order valence-corrected chi connectivity index (χ4v) is 3.15. The van der Waals surface area contributed by atoms with E-state index in [1.165, 1.54) is 31.2 Å². The van der Waals surface area contributed by atoms with Crippen LogP contribution in [0, 0.1) is 5.82 Å². The topological polar surface area (TPSA) is 101 Å². The minimum absolute atomic E-state index is 0.147. The Morgan fingerprint density at radius 2 is 1.64 bits per heavy atom. The van der Waals surface area contributed by atoms with Crippen molar-refractivity contribution in [2.75, 3.05) is 0 Å². The molecule has 2 aromatic rings. The highest BCUT2D eigenvalue weighted by molar-refractivity contribution is 9.10. The Kier molecular flexibility index (Phi) is 7.69. The van der Waals surface area contributed by atoms with Crippen LogP contribution in [0.4, 0.5) is 4.39 Å². The Morgan fingerprint density at radius 1 is 1.00 bits per heavy atom. The lowest BCUT2D eigenvalue weighted by Gasteiger charge is -2.22. The van der Waals surface area contributed by atoms with Crippen molar-refractivity contribution in [1.82, 2.24) is 10.6 Å². The smallest absolute Gasteiger partial charge is 0.243 e. The zero-order chi connectivity index (χ0) is 20.7. The van der Waals surface area contributed by atoms with Gasteiger partial charge < -0.3 is 16.4 Å². The van der Waals surface area contributed by atoms with Gasteiger partial charge in [-0.25, -0.2) is 4.39 Å². The number of benzene rings is 2. The lowest BCUT2D eigenvalue weighted by molar-refractivity contribution is -0.130. The molecule has 0 bridgehead atoms. The summed E-state index contributed by atoms with van der Waals surface area (Å²) >= 11 is 3.35. The Bertz CT molecular complexity index is 858. The summed E-state index contributed by atoms with van der Waals surface area (Å²) in [6, 6.07) is 11.1. The molecule has 0 radical (unpaired) electrons. The van der Waals surface area contributed by atoms with Crippen molar-refractivity contribution in [2.45, 2.75) is 31.8 Å². The third kappa shape index (κ3) is 6.77. The Hall–Kier alpha value is -2.74. The van der Waals surface area contributed by atoms with Crippen LogP contribution in [0.1, 0.15) is 18.1 Å². The standard InChI is InChI=1S/C20H21BrFN3O3/c1-12(26)24-18(10-13-5-7-16(22)8-6-13)20(28)25-17(19(23)27)11-14-3-2-4-15(21)9-14/h2-9,17-18H,10-11H2,1H3,(H2,23,27)(H,24,26)(H,25,28)/t17-,18+/m1/s1. The molecule has 0 heterocycles. The van der Waals surface area contributed by atoms with Crippen LogP contribution in [0.5, 0.6) is 0 Å². The first kappa shape index (κ1) is 21.6. The molecule has 2 rings (SSSR count). The molecule has 0 spiro atoms. The van der Waals surface area contributed by atoms with Crippen molar-refractivity contribution < 1.29 is 18.8 Å². The molecule has 2 aromatic carbocycles. The molecule has 148 valence electrons. The van der Waals surface area contributed by atoms with Gasteiger partial charge in [-0.05, 0) is 35.4 Å². The average Bonchev–Trinajstić information content (AvgIpc) is 2.62. The van der Waals surface area contributed by atoms with Crippen LogP contribution in [0.25, 0.3) is 0 Å². The minimum Gasteiger partial charge on any atom is -0.368 e. The number of carbonyl (C=O) groups is 3. The summed E-state index contributed by atoms with van der Waals surface area (Å²) < 4.78 is 13.9. The van der Waals surface area contributed by atoms with Gasteiger partial charge in [0.2, 0.25) is 17.7 Å². The Balaban J connectivity index is 2.12. The maximum atomic E-state index is 13.1. The Morgan fingerprint density at radius 3 is 2.21 bits per heavy atom. The maximum Gasteiger partial charge on any atom is 0.243 e. The number of primary amides is 1. The van der Waals surface area contributed by atoms with E-state index < -0.39 is 35.6 Å². The van der Waals surface area contributed by atoms with E-state index in [1.807, 2.05) is 24.3 Å². The van der Waals surface area contributed by atoms with Gasteiger partial charge in [0, 0.05) is 24.2 Å². The van der Waals surface area contributed by atoms with Gasteiger partial charge in [-0.1, -0.05) is 40.2 Å². The maximum absolute atomic E-state index is 13.1. The molecule has 3 amide bonds. The molecule has 28 heavy (non-hydrogen) atoms. The second-order valence-corrected chi connectivity index (χ2v) is 7.30. The van der Waals surface area contributed by atoms with Crippen LogP contribution in [-0.2, 0) is 27.2 Å². The molecule has 0 saturated carbocycles. The second kappa shape index (κ2) is 9.98. The van der Waals surface area contributed by atoms with E-state index in [0.29, 0.717) is 5.56 Å². The first-order valence-corrected chi connectivity index (χ1v) is 9.39. The fraction of sp³-hybridized carbons (Fsp3) is 0.250. The second-order valence-electron chi connectivity index (χ2n) is 6.38. The molecule has 6 nitrogen and oxygen atoms in total. The molecular weight excluding hydrogens is 429 g/mol. The summed E-state index contributed by atoms with van der Waals surface area (Å²) in [7, 11) is 0. The lowest BCUT2D eigenvalue weighted by Crippen LogP contribution is -2.54. The minimum atomic E-state index is -0.939. The van der Waals surface area contributed by atoms with Crippen LogP contribution in [-0.4, -0.2) is 29.8 Å². The fourth-order valence-electron chi connectivity index (χ4n) is 2.71. The predicted molar refractivity (Wildman–Crippen MR) is 107 cm³/mol. The van der Waals surface area contributed by atoms with Crippen LogP contribution in [0.3, 0.4) is 0 Å². The molecule has 2 atom stereocenters. The van der Waals surface area contributed by atoms with Crippen molar-refractivity contribution in [1.29, 1.82) is 0 Å². The summed E-state index contributed by atoms with van der Waals surface area (Å²) in [4.78, 5) is 36.0. The molecule has 0 aliphatic rings. The van der Waals surface area contributed by atoms with E-state index in [4.69, 9.17) is 5.73 Å². The van der Waals surface area contributed by atoms with Gasteiger partial charge in [0.05, 0.1) is 0 Å². The first-order valence-electron chi connectivity index (χ1n) is 8.60. The van der Waals surface area contributed by atoms with E-state index in [1.54, 1.807) is 0 Å². The molecule has 0 saturated heterocycles. The van der Waals surface area contributed by atoms with Gasteiger partial charge in [0.1, 0.15) is 17.9 Å². The zero-order valence-corrected chi connectivity index (χ0v) is 16.8. The molecule has 0 fully saturated rings. The van der Waals surface area contributed by atoms with Crippen molar-refractivity contribution in [2.24, 2.45) is 5.73 Å². The molecule has 8 heteroatoms. The zero-order valence-electron chi connectivity index (χ0n) is 15.2.